The first kappa shape index (κ1) is 7.36. The second-order valence-electron chi connectivity index (χ2n) is 2.69. The van der Waals surface area contributed by atoms with E-state index in [1.165, 1.54) is 0 Å². The number of pyridine rings is 1. The monoisotopic (exact) mass is 166 g/mol. The maximum absolute atomic E-state index is 5.75. The Hall–Kier alpha value is -1.29. The van der Waals surface area contributed by atoms with Crippen molar-refractivity contribution in [3.8, 4) is 11.6 Å². The molecule has 0 amide bonds. The Balaban J connectivity index is 2.43. The number of nitrogens with two attached hydrogens (primary N) is 1. The minimum Gasteiger partial charge on any atom is -0.495 e. The Morgan fingerprint density at radius 3 is 3.33 bits per heavy atom. The first-order valence-electron chi connectivity index (χ1n) is 3.73. The Morgan fingerprint density at radius 1 is 1.75 bits per heavy atom. The van der Waals surface area contributed by atoms with Crippen molar-refractivity contribution < 1.29 is 9.47 Å². The summed E-state index contributed by atoms with van der Waals surface area (Å²) >= 11 is 0. The van der Waals surface area contributed by atoms with Gasteiger partial charge in [-0.25, -0.2) is 4.98 Å². The van der Waals surface area contributed by atoms with Crippen molar-refractivity contribution in [3.05, 3.63) is 17.8 Å². The van der Waals surface area contributed by atoms with E-state index in [1.54, 1.807) is 13.3 Å². The van der Waals surface area contributed by atoms with E-state index in [1.807, 2.05) is 6.07 Å². The maximum Gasteiger partial charge on any atom is 0.218 e. The van der Waals surface area contributed by atoms with Crippen LogP contribution in [0.4, 0.5) is 0 Å². The smallest absolute Gasteiger partial charge is 0.218 e. The van der Waals surface area contributed by atoms with Gasteiger partial charge in [-0.3, -0.25) is 0 Å². The molecule has 0 spiro atoms. The molecule has 0 aliphatic carbocycles. The van der Waals surface area contributed by atoms with Crippen molar-refractivity contribution in [3.63, 3.8) is 0 Å². The molecule has 2 heterocycles. The Kier molecular flexibility index (Phi) is 1.62. The van der Waals surface area contributed by atoms with Crippen LogP contribution in [0.15, 0.2) is 12.3 Å². The van der Waals surface area contributed by atoms with Gasteiger partial charge in [-0.15, -0.1) is 0 Å². The van der Waals surface area contributed by atoms with E-state index in [4.69, 9.17) is 15.2 Å². The fourth-order valence-corrected chi connectivity index (χ4v) is 1.21. The van der Waals surface area contributed by atoms with Crippen molar-refractivity contribution in [2.45, 2.75) is 6.04 Å². The van der Waals surface area contributed by atoms with E-state index in [2.05, 4.69) is 4.98 Å². The van der Waals surface area contributed by atoms with Gasteiger partial charge >= 0.3 is 0 Å². The maximum atomic E-state index is 5.75. The summed E-state index contributed by atoms with van der Waals surface area (Å²) in [6.07, 6.45) is 1.62. The molecular weight excluding hydrogens is 156 g/mol. The van der Waals surface area contributed by atoms with Gasteiger partial charge in [0, 0.05) is 5.56 Å². The third-order valence-electron chi connectivity index (χ3n) is 1.89. The van der Waals surface area contributed by atoms with Crippen molar-refractivity contribution in [2.24, 2.45) is 5.73 Å². The largest absolute Gasteiger partial charge is 0.495 e. The average molecular weight is 166 g/mol. The number of nitrogens with zero attached hydrogens (tertiary/aromatic N) is 1. The molecule has 1 aliphatic heterocycles. The number of hydrogen-bond acceptors (Lipinski definition) is 4. The molecule has 1 atom stereocenters. The molecule has 1 aromatic heterocycles. The molecule has 0 radical (unpaired) electrons. The lowest BCUT2D eigenvalue weighted by Crippen LogP contribution is -2.10. The lowest BCUT2D eigenvalue weighted by Gasteiger charge is -2.02. The standard InChI is InChI=1S/C8H10N2O2/c1-11-5-2-6-7(9)4-12-8(6)10-3-5/h2-3,7H,4,9H2,1H3. The van der Waals surface area contributed by atoms with Crippen LogP contribution < -0.4 is 15.2 Å². The molecule has 64 valence electrons. The number of hydrogen-bond donors (Lipinski definition) is 1. The molecule has 2 N–H and O–H groups in total. The Bertz CT molecular complexity index is 301. The highest BCUT2D eigenvalue weighted by atomic mass is 16.5. The minimum absolute atomic E-state index is 0.0670. The molecule has 1 aliphatic rings. The summed E-state index contributed by atoms with van der Waals surface area (Å²) in [4.78, 5) is 4.05. The summed E-state index contributed by atoms with van der Waals surface area (Å²) in [7, 11) is 1.60. The zero-order chi connectivity index (χ0) is 8.55. The molecule has 4 nitrogen and oxygen atoms in total. The highest BCUT2D eigenvalue weighted by molar-refractivity contribution is 5.38. The molecule has 1 aromatic rings. The van der Waals surface area contributed by atoms with Crippen LogP contribution in [0.3, 0.4) is 0 Å². The first-order chi connectivity index (χ1) is 5.81. The van der Waals surface area contributed by atoms with E-state index >= 15 is 0 Å². The average Bonchev–Trinajstić information content (AvgIpc) is 2.47. The SMILES string of the molecule is COc1cnc2c(c1)C(N)CO2. The Labute approximate surface area is 70.3 Å². The van der Waals surface area contributed by atoms with Gasteiger partial charge in [-0.2, -0.15) is 0 Å². The molecule has 0 saturated carbocycles. The van der Waals surface area contributed by atoms with Gasteiger partial charge in [0.15, 0.2) is 0 Å². The summed E-state index contributed by atoms with van der Waals surface area (Å²) < 4.78 is 10.2. The van der Waals surface area contributed by atoms with Crippen LogP contribution in [0.25, 0.3) is 0 Å². The van der Waals surface area contributed by atoms with Gasteiger partial charge in [0.2, 0.25) is 5.88 Å². The zero-order valence-electron chi connectivity index (χ0n) is 6.78. The van der Waals surface area contributed by atoms with Gasteiger partial charge in [-0.1, -0.05) is 0 Å². The van der Waals surface area contributed by atoms with Crippen LogP contribution in [0, 0.1) is 0 Å². The first-order valence-corrected chi connectivity index (χ1v) is 3.73. The van der Waals surface area contributed by atoms with Crippen LogP contribution in [-0.2, 0) is 0 Å². The number of rotatable bonds is 1. The topological polar surface area (TPSA) is 57.4 Å². The van der Waals surface area contributed by atoms with Gasteiger partial charge < -0.3 is 15.2 Å². The molecule has 0 aromatic carbocycles. The predicted octanol–water partition coefficient (Wildman–Crippen LogP) is 0.482. The summed E-state index contributed by atoms with van der Waals surface area (Å²) in [5.41, 5.74) is 6.67. The van der Waals surface area contributed by atoms with Gasteiger partial charge in [0.05, 0.1) is 19.3 Å². The molecule has 0 bridgehead atoms. The lowest BCUT2D eigenvalue weighted by atomic mass is 10.1. The van der Waals surface area contributed by atoms with Crippen LogP contribution in [0.1, 0.15) is 11.6 Å². The summed E-state index contributed by atoms with van der Waals surface area (Å²) in [6.45, 7) is 0.509. The van der Waals surface area contributed by atoms with Gasteiger partial charge in [-0.05, 0) is 6.07 Å². The fourth-order valence-electron chi connectivity index (χ4n) is 1.21. The third kappa shape index (κ3) is 1.00. The van der Waals surface area contributed by atoms with Crippen LogP contribution >= 0.6 is 0 Å². The van der Waals surface area contributed by atoms with E-state index in [0.29, 0.717) is 12.5 Å². The van der Waals surface area contributed by atoms with Gasteiger partial charge in [0.1, 0.15) is 12.4 Å². The lowest BCUT2D eigenvalue weighted by molar-refractivity contribution is 0.323. The number of ether oxygens (including phenoxy) is 2. The summed E-state index contributed by atoms with van der Waals surface area (Å²) in [5.74, 6) is 1.35. The molecule has 12 heavy (non-hydrogen) atoms. The fraction of sp³-hybridized carbons (Fsp3) is 0.375. The molecular formula is C8H10N2O2. The van der Waals surface area contributed by atoms with Crippen LogP contribution in [-0.4, -0.2) is 18.7 Å². The highest BCUT2D eigenvalue weighted by Crippen LogP contribution is 2.30. The van der Waals surface area contributed by atoms with Crippen molar-refractivity contribution >= 4 is 0 Å². The number of aromatic nitrogens is 1. The molecule has 1 unspecified atom stereocenters. The van der Waals surface area contributed by atoms with E-state index in [0.717, 1.165) is 11.3 Å². The predicted molar refractivity (Wildman–Crippen MR) is 43.2 cm³/mol. The van der Waals surface area contributed by atoms with E-state index in [9.17, 15) is 0 Å². The van der Waals surface area contributed by atoms with Crippen molar-refractivity contribution in [1.29, 1.82) is 0 Å². The highest BCUT2D eigenvalue weighted by Gasteiger charge is 2.22. The summed E-state index contributed by atoms with van der Waals surface area (Å²) in [6, 6.07) is 1.79. The molecule has 4 heteroatoms. The normalized spacial score (nSPS) is 20.0. The van der Waals surface area contributed by atoms with Crippen LogP contribution in [0.5, 0.6) is 11.6 Å². The molecule has 0 saturated heterocycles. The van der Waals surface area contributed by atoms with E-state index < -0.39 is 0 Å². The van der Waals surface area contributed by atoms with E-state index in [-0.39, 0.29) is 6.04 Å². The Morgan fingerprint density at radius 2 is 2.58 bits per heavy atom. The summed E-state index contributed by atoms with van der Waals surface area (Å²) in [5, 5.41) is 0. The number of methoxy groups -OCH3 is 1. The second kappa shape index (κ2) is 2.64. The second-order valence-corrected chi connectivity index (χ2v) is 2.69. The van der Waals surface area contributed by atoms with Crippen LogP contribution in [0.2, 0.25) is 0 Å². The minimum atomic E-state index is -0.0670. The molecule has 2 rings (SSSR count). The van der Waals surface area contributed by atoms with Crippen molar-refractivity contribution in [2.75, 3.05) is 13.7 Å². The zero-order valence-corrected chi connectivity index (χ0v) is 6.78. The number of fused-ring (bicyclic) bond motifs is 1. The third-order valence-corrected chi connectivity index (χ3v) is 1.89. The quantitative estimate of drug-likeness (QED) is 0.659. The van der Waals surface area contributed by atoms with Crippen molar-refractivity contribution in [1.82, 2.24) is 4.98 Å². The van der Waals surface area contributed by atoms with Gasteiger partial charge in [0.25, 0.3) is 0 Å². The molecule has 0 fully saturated rings.